The van der Waals surface area contributed by atoms with Crippen LogP contribution in [-0.4, -0.2) is 12.3 Å². The summed E-state index contributed by atoms with van der Waals surface area (Å²) in [6.07, 6.45) is 0.584. The molecule has 15 heavy (non-hydrogen) atoms. The molecule has 80 valence electrons. The molecule has 1 rings (SSSR count). The summed E-state index contributed by atoms with van der Waals surface area (Å²) in [5.41, 5.74) is 1.21. The zero-order valence-corrected chi connectivity index (χ0v) is 8.78. The molecule has 1 aromatic carbocycles. The summed E-state index contributed by atoms with van der Waals surface area (Å²) < 4.78 is 0. The largest absolute Gasteiger partial charge is 0.327 e. The summed E-state index contributed by atoms with van der Waals surface area (Å²) in [5.74, 6) is -0.163. The van der Waals surface area contributed by atoms with Crippen LogP contribution in [0.3, 0.4) is 0 Å². The molecule has 2 N–H and O–H groups in total. The molecule has 0 aliphatic carbocycles. The zero-order chi connectivity index (χ0) is 11.3. The van der Waals surface area contributed by atoms with Gasteiger partial charge in [0.1, 0.15) is 0 Å². The van der Waals surface area contributed by atoms with Gasteiger partial charge in [-0.3, -0.25) is 9.59 Å². The van der Waals surface area contributed by atoms with Crippen LogP contribution in [0.25, 0.3) is 0 Å². The molecule has 0 fully saturated rings. The normalized spacial score (nSPS) is 9.80. The van der Waals surface area contributed by atoms with Crippen molar-refractivity contribution in [2.75, 3.05) is 10.6 Å². The number of para-hydroxylation sites is 2. The Balaban J connectivity index is 2.83. The lowest BCUT2D eigenvalue weighted by molar-refractivity contribution is -0.118. The number of anilines is 2. The van der Waals surface area contributed by atoms with E-state index in [1.807, 2.05) is 13.8 Å². The maximum Gasteiger partial charge on any atom is 0.226 e. The van der Waals surface area contributed by atoms with Gasteiger partial charge in [-0.25, -0.2) is 0 Å². The van der Waals surface area contributed by atoms with Crippen molar-refractivity contribution in [3.05, 3.63) is 24.3 Å². The van der Waals surface area contributed by atoms with Crippen molar-refractivity contribution < 1.29 is 9.59 Å². The first-order valence-corrected chi connectivity index (χ1v) is 4.75. The smallest absolute Gasteiger partial charge is 0.226 e. The third kappa shape index (κ3) is 3.09. The SMILES string of the molecule is CC(C)C(=O)Nc1ccccc1NC=O. The van der Waals surface area contributed by atoms with Gasteiger partial charge in [-0.05, 0) is 12.1 Å². The van der Waals surface area contributed by atoms with E-state index in [-0.39, 0.29) is 11.8 Å². The number of nitrogens with one attached hydrogen (secondary N) is 2. The molecule has 0 aromatic heterocycles. The van der Waals surface area contributed by atoms with Crippen LogP contribution in [0.4, 0.5) is 11.4 Å². The van der Waals surface area contributed by atoms with Crippen molar-refractivity contribution in [2.45, 2.75) is 13.8 Å². The van der Waals surface area contributed by atoms with Gasteiger partial charge in [-0.2, -0.15) is 0 Å². The Bertz CT molecular complexity index is 361. The van der Waals surface area contributed by atoms with Crippen LogP contribution in [0.2, 0.25) is 0 Å². The van der Waals surface area contributed by atoms with Gasteiger partial charge in [0.2, 0.25) is 12.3 Å². The summed E-state index contributed by atoms with van der Waals surface area (Å²) in [6.45, 7) is 3.62. The molecule has 0 spiro atoms. The molecule has 0 unspecified atom stereocenters. The summed E-state index contributed by atoms with van der Waals surface area (Å²) in [6, 6.07) is 7.05. The molecular formula is C11H14N2O2. The molecule has 2 amide bonds. The average molecular weight is 206 g/mol. The lowest BCUT2D eigenvalue weighted by Crippen LogP contribution is -2.18. The fourth-order valence-electron chi connectivity index (χ4n) is 1.06. The van der Waals surface area contributed by atoms with Crippen molar-refractivity contribution >= 4 is 23.7 Å². The molecular weight excluding hydrogens is 192 g/mol. The van der Waals surface area contributed by atoms with E-state index in [2.05, 4.69) is 10.6 Å². The molecule has 0 saturated heterocycles. The highest BCUT2D eigenvalue weighted by atomic mass is 16.2. The molecule has 4 heteroatoms. The van der Waals surface area contributed by atoms with E-state index < -0.39 is 0 Å². The fraction of sp³-hybridized carbons (Fsp3) is 0.273. The van der Waals surface area contributed by atoms with E-state index in [4.69, 9.17) is 0 Å². The van der Waals surface area contributed by atoms with Gasteiger partial charge in [0.25, 0.3) is 0 Å². The molecule has 4 nitrogen and oxygen atoms in total. The highest BCUT2D eigenvalue weighted by molar-refractivity contribution is 5.96. The summed E-state index contributed by atoms with van der Waals surface area (Å²) in [4.78, 5) is 21.8. The number of carbonyl (C=O) groups excluding carboxylic acids is 2. The molecule has 0 radical (unpaired) electrons. The van der Waals surface area contributed by atoms with Gasteiger partial charge in [-0.15, -0.1) is 0 Å². The minimum Gasteiger partial charge on any atom is -0.327 e. The average Bonchev–Trinajstić information content (AvgIpc) is 2.21. The lowest BCUT2D eigenvalue weighted by atomic mass is 10.2. The van der Waals surface area contributed by atoms with E-state index in [0.29, 0.717) is 17.8 Å². The van der Waals surface area contributed by atoms with E-state index >= 15 is 0 Å². The molecule has 0 aliphatic heterocycles. The second-order valence-electron chi connectivity index (χ2n) is 3.45. The van der Waals surface area contributed by atoms with E-state index in [9.17, 15) is 9.59 Å². The van der Waals surface area contributed by atoms with Gasteiger partial charge < -0.3 is 10.6 Å². The number of amides is 2. The Kier molecular flexibility index (Phi) is 3.85. The van der Waals surface area contributed by atoms with E-state index in [0.717, 1.165) is 0 Å². The molecule has 0 heterocycles. The summed E-state index contributed by atoms with van der Waals surface area (Å²) >= 11 is 0. The second kappa shape index (κ2) is 5.14. The third-order valence-corrected chi connectivity index (χ3v) is 1.92. The van der Waals surface area contributed by atoms with E-state index in [1.165, 1.54) is 0 Å². The van der Waals surface area contributed by atoms with Crippen molar-refractivity contribution in [3.63, 3.8) is 0 Å². The first kappa shape index (κ1) is 11.2. The van der Waals surface area contributed by atoms with Crippen molar-refractivity contribution in [1.82, 2.24) is 0 Å². The number of carbonyl (C=O) groups is 2. The molecule has 0 atom stereocenters. The highest BCUT2D eigenvalue weighted by Gasteiger charge is 2.09. The highest BCUT2D eigenvalue weighted by Crippen LogP contribution is 2.20. The first-order valence-electron chi connectivity index (χ1n) is 4.75. The number of rotatable bonds is 4. The van der Waals surface area contributed by atoms with Crippen LogP contribution in [0, 0.1) is 5.92 Å². The minimum absolute atomic E-state index is 0.0739. The fourth-order valence-corrected chi connectivity index (χ4v) is 1.06. The van der Waals surface area contributed by atoms with Crippen molar-refractivity contribution in [3.8, 4) is 0 Å². The van der Waals surface area contributed by atoms with Crippen LogP contribution in [0.1, 0.15) is 13.8 Å². The Morgan fingerprint density at radius 1 is 1.27 bits per heavy atom. The number of benzene rings is 1. The number of hydrogen-bond acceptors (Lipinski definition) is 2. The number of hydrogen-bond donors (Lipinski definition) is 2. The third-order valence-electron chi connectivity index (χ3n) is 1.92. The second-order valence-corrected chi connectivity index (χ2v) is 3.45. The molecule has 0 bridgehead atoms. The van der Waals surface area contributed by atoms with Gasteiger partial charge in [0.05, 0.1) is 11.4 Å². The first-order chi connectivity index (χ1) is 7.15. The van der Waals surface area contributed by atoms with Crippen molar-refractivity contribution in [1.29, 1.82) is 0 Å². The Labute approximate surface area is 88.7 Å². The van der Waals surface area contributed by atoms with Gasteiger partial charge in [-0.1, -0.05) is 26.0 Å². The van der Waals surface area contributed by atoms with E-state index in [1.54, 1.807) is 24.3 Å². The van der Waals surface area contributed by atoms with Crippen LogP contribution in [0.15, 0.2) is 24.3 Å². The molecule has 1 aromatic rings. The summed E-state index contributed by atoms with van der Waals surface area (Å²) in [5, 5.41) is 5.26. The van der Waals surface area contributed by atoms with Crippen LogP contribution in [-0.2, 0) is 9.59 Å². The summed E-state index contributed by atoms with van der Waals surface area (Å²) in [7, 11) is 0. The predicted octanol–water partition coefficient (Wildman–Crippen LogP) is 1.85. The monoisotopic (exact) mass is 206 g/mol. The predicted molar refractivity (Wildman–Crippen MR) is 59.6 cm³/mol. The maximum absolute atomic E-state index is 11.4. The Morgan fingerprint density at radius 3 is 2.40 bits per heavy atom. The Morgan fingerprint density at radius 2 is 1.87 bits per heavy atom. The van der Waals surface area contributed by atoms with Crippen LogP contribution in [0.5, 0.6) is 0 Å². The lowest BCUT2D eigenvalue weighted by Gasteiger charge is -2.11. The Hall–Kier alpha value is -1.84. The topological polar surface area (TPSA) is 58.2 Å². The zero-order valence-electron chi connectivity index (χ0n) is 8.78. The van der Waals surface area contributed by atoms with Crippen LogP contribution < -0.4 is 10.6 Å². The van der Waals surface area contributed by atoms with Crippen LogP contribution >= 0.6 is 0 Å². The molecule has 0 saturated carbocycles. The molecule has 0 aliphatic rings. The standard InChI is InChI=1S/C11H14N2O2/c1-8(2)11(15)13-10-6-4-3-5-9(10)12-7-14/h3-8H,1-2H3,(H,12,14)(H,13,15). The maximum atomic E-state index is 11.4. The van der Waals surface area contributed by atoms with Crippen molar-refractivity contribution in [2.24, 2.45) is 5.92 Å². The van der Waals surface area contributed by atoms with Gasteiger partial charge in [0, 0.05) is 5.92 Å². The quantitative estimate of drug-likeness (QED) is 0.738. The minimum atomic E-state index is -0.0886. The van der Waals surface area contributed by atoms with Gasteiger partial charge >= 0.3 is 0 Å². The van der Waals surface area contributed by atoms with Gasteiger partial charge in [0.15, 0.2) is 0 Å².